The molecule has 2 fully saturated rings. The van der Waals surface area contributed by atoms with Gasteiger partial charge in [-0.05, 0) is 31.8 Å². The van der Waals surface area contributed by atoms with Crippen molar-refractivity contribution in [2.75, 3.05) is 52.5 Å². The third-order valence-electron chi connectivity index (χ3n) is 4.01. The molecule has 0 aromatic rings. The van der Waals surface area contributed by atoms with E-state index in [1.165, 1.54) is 0 Å². The number of nitrogens with one attached hydrogen (secondary N) is 2. The van der Waals surface area contributed by atoms with Crippen LogP contribution in [0.15, 0.2) is 0 Å². The number of halogens is 1. The molecule has 0 aromatic carbocycles. The Hall–Kier alpha value is -0.360. The SMILES string of the molecule is CC(CNC(=O)C1CCNCC1)CN1CCOCC1.Cl. The number of carbonyl (C=O) groups excluding carboxylic acids is 1. The Bertz CT molecular complexity index is 280. The standard InChI is InChI=1S/C14H27N3O2.ClH/c1-12(11-17-6-8-19-9-7-17)10-16-14(18)13-2-4-15-5-3-13;/h12-13,15H,2-11H2,1H3,(H,16,18);1H. The molecular formula is C14H28ClN3O2. The predicted molar refractivity (Wildman–Crippen MR) is 82.3 cm³/mol. The maximum atomic E-state index is 12.0. The van der Waals surface area contributed by atoms with Crippen LogP contribution in [0.2, 0.25) is 0 Å². The second-order valence-electron chi connectivity index (χ2n) is 5.79. The first kappa shape index (κ1) is 17.7. The molecule has 2 N–H and O–H groups in total. The van der Waals surface area contributed by atoms with E-state index in [0.717, 1.165) is 65.3 Å². The number of hydrogen-bond acceptors (Lipinski definition) is 4. The van der Waals surface area contributed by atoms with Crippen LogP contribution in [-0.4, -0.2) is 63.3 Å². The number of rotatable bonds is 5. The van der Waals surface area contributed by atoms with Gasteiger partial charge in [0.15, 0.2) is 0 Å². The number of ether oxygens (including phenoxy) is 1. The van der Waals surface area contributed by atoms with E-state index in [9.17, 15) is 4.79 Å². The minimum Gasteiger partial charge on any atom is -0.379 e. The van der Waals surface area contributed by atoms with E-state index in [4.69, 9.17) is 4.74 Å². The van der Waals surface area contributed by atoms with E-state index >= 15 is 0 Å². The van der Waals surface area contributed by atoms with Gasteiger partial charge < -0.3 is 15.4 Å². The lowest BCUT2D eigenvalue weighted by atomic mass is 9.97. The zero-order valence-corrected chi connectivity index (χ0v) is 13.2. The third kappa shape index (κ3) is 5.95. The summed E-state index contributed by atoms with van der Waals surface area (Å²) in [6, 6.07) is 0. The number of morpholine rings is 1. The van der Waals surface area contributed by atoms with Gasteiger partial charge in [0.1, 0.15) is 0 Å². The molecule has 1 unspecified atom stereocenters. The number of amides is 1. The molecule has 2 heterocycles. The summed E-state index contributed by atoms with van der Waals surface area (Å²) in [5.74, 6) is 0.968. The van der Waals surface area contributed by atoms with Gasteiger partial charge in [0, 0.05) is 32.1 Å². The number of nitrogens with zero attached hydrogens (tertiary/aromatic N) is 1. The fourth-order valence-electron chi connectivity index (χ4n) is 2.79. The Labute approximate surface area is 128 Å². The van der Waals surface area contributed by atoms with Gasteiger partial charge in [0.25, 0.3) is 0 Å². The molecule has 20 heavy (non-hydrogen) atoms. The molecule has 1 amide bonds. The van der Waals surface area contributed by atoms with Gasteiger partial charge in [-0.25, -0.2) is 0 Å². The van der Waals surface area contributed by atoms with E-state index < -0.39 is 0 Å². The lowest BCUT2D eigenvalue weighted by Crippen LogP contribution is -2.43. The van der Waals surface area contributed by atoms with E-state index in [0.29, 0.717) is 5.92 Å². The van der Waals surface area contributed by atoms with Crippen molar-refractivity contribution in [3.8, 4) is 0 Å². The normalized spacial score (nSPS) is 22.9. The summed E-state index contributed by atoms with van der Waals surface area (Å²) < 4.78 is 5.34. The van der Waals surface area contributed by atoms with Crippen LogP contribution in [0.1, 0.15) is 19.8 Å². The van der Waals surface area contributed by atoms with Gasteiger partial charge in [0.2, 0.25) is 5.91 Å². The van der Waals surface area contributed by atoms with Crippen LogP contribution >= 0.6 is 12.4 Å². The topological polar surface area (TPSA) is 53.6 Å². The molecule has 0 spiro atoms. The van der Waals surface area contributed by atoms with Crippen molar-refractivity contribution in [2.45, 2.75) is 19.8 Å². The first-order valence-electron chi connectivity index (χ1n) is 7.54. The van der Waals surface area contributed by atoms with Crippen molar-refractivity contribution >= 4 is 18.3 Å². The molecule has 0 bridgehead atoms. The summed E-state index contributed by atoms with van der Waals surface area (Å²) in [6.45, 7) is 9.72. The first-order valence-corrected chi connectivity index (χ1v) is 7.54. The Morgan fingerprint density at radius 1 is 1.35 bits per heavy atom. The van der Waals surface area contributed by atoms with Crippen LogP contribution < -0.4 is 10.6 Å². The van der Waals surface area contributed by atoms with Crippen LogP contribution in [0.25, 0.3) is 0 Å². The van der Waals surface area contributed by atoms with Crippen LogP contribution in [0.3, 0.4) is 0 Å². The summed E-state index contributed by atoms with van der Waals surface area (Å²) in [5.41, 5.74) is 0. The highest BCUT2D eigenvalue weighted by molar-refractivity contribution is 5.85. The average Bonchev–Trinajstić information content (AvgIpc) is 2.47. The second-order valence-corrected chi connectivity index (χ2v) is 5.79. The van der Waals surface area contributed by atoms with Gasteiger partial charge >= 0.3 is 0 Å². The largest absolute Gasteiger partial charge is 0.379 e. The van der Waals surface area contributed by atoms with Crippen molar-refractivity contribution in [3.05, 3.63) is 0 Å². The van der Waals surface area contributed by atoms with E-state index in [1.807, 2.05) is 0 Å². The lowest BCUT2D eigenvalue weighted by Gasteiger charge is -2.29. The van der Waals surface area contributed by atoms with Gasteiger partial charge in [-0.2, -0.15) is 0 Å². The zero-order chi connectivity index (χ0) is 13.5. The highest BCUT2D eigenvalue weighted by Crippen LogP contribution is 2.11. The van der Waals surface area contributed by atoms with E-state index in [1.54, 1.807) is 0 Å². The molecule has 0 radical (unpaired) electrons. The molecule has 2 aliphatic heterocycles. The first-order chi connectivity index (χ1) is 9.25. The minimum atomic E-state index is 0. The summed E-state index contributed by atoms with van der Waals surface area (Å²) in [4.78, 5) is 14.4. The fraction of sp³-hybridized carbons (Fsp3) is 0.929. The molecule has 6 heteroatoms. The van der Waals surface area contributed by atoms with E-state index in [2.05, 4.69) is 22.5 Å². The summed E-state index contributed by atoms with van der Waals surface area (Å²) in [6.07, 6.45) is 1.95. The summed E-state index contributed by atoms with van der Waals surface area (Å²) >= 11 is 0. The van der Waals surface area contributed by atoms with Crippen LogP contribution in [-0.2, 0) is 9.53 Å². The quantitative estimate of drug-likeness (QED) is 0.776. The van der Waals surface area contributed by atoms with Gasteiger partial charge in [-0.3, -0.25) is 9.69 Å². The zero-order valence-electron chi connectivity index (χ0n) is 12.4. The number of hydrogen-bond donors (Lipinski definition) is 2. The van der Waals surface area contributed by atoms with E-state index in [-0.39, 0.29) is 24.2 Å². The molecule has 1 atom stereocenters. The number of piperidine rings is 1. The maximum Gasteiger partial charge on any atom is 0.223 e. The highest BCUT2D eigenvalue weighted by atomic mass is 35.5. The van der Waals surface area contributed by atoms with Gasteiger partial charge in [-0.15, -0.1) is 12.4 Å². The molecule has 5 nitrogen and oxygen atoms in total. The molecule has 2 aliphatic rings. The second kappa shape index (κ2) is 9.55. The average molecular weight is 306 g/mol. The van der Waals surface area contributed by atoms with Crippen molar-refractivity contribution in [1.82, 2.24) is 15.5 Å². The van der Waals surface area contributed by atoms with Gasteiger partial charge in [-0.1, -0.05) is 6.92 Å². The molecule has 0 aromatic heterocycles. The number of carbonyl (C=O) groups is 1. The summed E-state index contributed by atoms with van der Waals surface area (Å²) in [5, 5.41) is 6.41. The lowest BCUT2D eigenvalue weighted by molar-refractivity contribution is -0.125. The molecule has 118 valence electrons. The Morgan fingerprint density at radius 3 is 2.65 bits per heavy atom. The molecular weight excluding hydrogens is 278 g/mol. The molecule has 0 saturated carbocycles. The smallest absolute Gasteiger partial charge is 0.223 e. The Morgan fingerprint density at radius 2 is 2.00 bits per heavy atom. The molecule has 0 aliphatic carbocycles. The Balaban J connectivity index is 0.00000200. The predicted octanol–water partition coefficient (Wildman–Crippen LogP) is 0.492. The highest BCUT2D eigenvalue weighted by Gasteiger charge is 2.21. The monoisotopic (exact) mass is 305 g/mol. The minimum absolute atomic E-state index is 0. The summed E-state index contributed by atoms with van der Waals surface area (Å²) in [7, 11) is 0. The van der Waals surface area contributed by atoms with Crippen molar-refractivity contribution in [1.29, 1.82) is 0 Å². The van der Waals surface area contributed by atoms with Crippen LogP contribution in [0, 0.1) is 11.8 Å². The maximum absolute atomic E-state index is 12.0. The van der Waals surface area contributed by atoms with Gasteiger partial charge in [0.05, 0.1) is 13.2 Å². The molecule has 2 rings (SSSR count). The van der Waals surface area contributed by atoms with Crippen molar-refractivity contribution < 1.29 is 9.53 Å². The third-order valence-corrected chi connectivity index (χ3v) is 4.01. The van der Waals surface area contributed by atoms with Crippen LogP contribution in [0.5, 0.6) is 0 Å². The fourth-order valence-corrected chi connectivity index (χ4v) is 2.79. The van der Waals surface area contributed by atoms with Crippen molar-refractivity contribution in [3.63, 3.8) is 0 Å². The van der Waals surface area contributed by atoms with Crippen LogP contribution in [0.4, 0.5) is 0 Å². The Kier molecular flexibility index (Phi) is 8.45. The van der Waals surface area contributed by atoms with Crippen molar-refractivity contribution in [2.24, 2.45) is 11.8 Å². The molecule has 2 saturated heterocycles.